The molecule has 5 rings (SSSR count). The van der Waals surface area contributed by atoms with Crippen LogP contribution >= 0.6 is 11.6 Å². The molecule has 0 saturated carbocycles. The van der Waals surface area contributed by atoms with Crippen molar-refractivity contribution < 1.29 is 18.6 Å². The molecule has 202 valence electrons. The van der Waals surface area contributed by atoms with Crippen molar-refractivity contribution in [2.24, 2.45) is 7.05 Å². The second-order valence-corrected chi connectivity index (χ2v) is 9.93. The molecule has 1 N–H and O–H groups in total. The number of halogens is 3. The van der Waals surface area contributed by atoms with Crippen molar-refractivity contribution in [3.05, 3.63) is 118 Å². The summed E-state index contributed by atoms with van der Waals surface area (Å²) in [4.78, 5) is 12.7. The maximum atomic E-state index is 13.6. The molecule has 1 atom stereocenters. The molecule has 0 fully saturated rings. The monoisotopic (exact) mass is 559 g/mol. The van der Waals surface area contributed by atoms with Gasteiger partial charge in [0.25, 0.3) is 5.92 Å². The van der Waals surface area contributed by atoms with Crippen LogP contribution in [0.15, 0.2) is 73.3 Å². The number of aliphatic hydroxyl groups is 1. The molecule has 40 heavy (non-hydrogen) atoms. The van der Waals surface area contributed by atoms with Crippen molar-refractivity contribution in [3.8, 4) is 11.9 Å². The van der Waals surface area contributed by atoms with Crippen molar-refractivity contribution in [2.75, 3.05) is 7.11 Å². The molecule has 10 heteroatoms. The minimum atomic E-state index is -3.05. The summed E-state index contributed by atoms with van der Waals surface area (Å²) in [7, 11) is 3.26. The van der Waals surface area contributed by atoms with Crippen LogP contribution in [-0.4, -0.2) is 31.7 Å². The first kappa shape index (κ1) is 27.2. The summed E-state index contributed by atoms with van der Waals surface area (Å²) < 4.78 is 34.5. The number of fused-ring (bicyclic) bond motifs is 1. The van der Waals surface area contributed by atoms with Crippen molar-refractivity contribution in [3.63, 3.8) is 0 Å². The highest BCUT2D eigenvalue weighted by Gasteiger charge is 2.37. The molecule has 5 aromatic rings. The average molecular weight is 560 g/mol. The number of hydrogen-bond acceptors (Lipinski definition) is 6. The van der Waals surface area contributed by atoms with Crippen molar-refractivity contribution >= 4 is 22.5 Å². The summed E-state index contributed by atoms with van der Waals surface area (Å²) in [6.07, 6.45) is 4.79. The van der Waals surface area contributed by atoms with Crippen molar-refractivity contribution in [1.82, 2.24) is 19.5 Å². The fourth-order valence-electron chi connectivity index (χ4n) is 4.74. The Labute approximate surface area is 234 Å². The van der Waals surface area contributed by atoms with E-state index in [-0.39, 0.29) is 12.1 Å². The van der Waals surface area contributed by atoms with Gasteiger partial charge in [-0.05, 0) is 47.0 Å². The summed E-state index contributed by atoms with van der Waals surface area (Å²) >= 11 is 6.95. The minimum Gasteiger partial charge on any atom is -0.481 e. The lowest BCUT2D eigenvalue weighted by Crippen LogP contribution is -2.31. The van der Waals surface area contributed by atoms with Gasteiger partial charge in [0.05, 0.1) is 47.5 Å². The number of nitriles is 1. The van der Waals surface area contributed by atoms with Gasteiger partial charge in [-0.15, -0.1) is 0 Å². The number of benzene rings is 2. The highest BCUT2D eigenvalue weighted by molar-refractivity contribution is 6.36. The molecular formula is C30H24ClF2N5O2. The average Bonchev–Trinajstić information content (AvgIpc) is 3.40. The molecule has 0 aliphatic heterocycles. The Morgan fingerprint density at radius 1 is 1.07 bits per heavy atom. The first-order valence-corrected chi connectivity index (χ1v) is 12.6. The number of hydrogen-bond donors (Lipinski definition) is 1. The molecular weight excluding hydrogens is 536 g/mol. The highest BCUT2D eigenvalue weighted by Crippen LogP contribution is 2.40. The smallest absolute Gasteiger partial charge is 0.286 e. The molecule has 0 amide bonds. The number of rotatable bonds is 7. The van der Waals surface area contributed by atoms with E-state index in [1.54, 1.807) is 72.7 Å². The molecule has 0 radical (unpaired) electrons. The van der Waals surface area contributed by atoms with E-state index in [0.717, 1.165) is 6.92 Å². The standard InChI is InChI=1S/C30H24ClF2N5O2/c1-29(32,33)25-11-6-19(15-36-25)12-23-27(31)22-13-21(9-10-24(22)37-28(23)40-3)30(39,26-16-35-17-38(26)2)20-7-4-18(14-34)5-8-20/h4-11,13,15-17,39H,12H2,1-3H3. The van der Waals surface area contributed by atoms with Gasteiger partial charge < -0.3 is 14.4 Å². The molecule has 7 nitrogen and oxygen atoms in total. The molecule has 3 heterocycles. The summed E-state index contributed by atoms with van der Waals surface area (Å²) in [6.45, 7) is 0.796. The topological polar surface area (TPSA) is 96.9 Å². The quantitative estimate of drug-likeness (QED) is 0.267. The Morgan fingerprint density at radius 2 is 1.80 bits per heavy atom. The molecule has 1 unspecified atom stereocenters. The van der Waals surface area contributed by atoms with Crippen molar-refractivity contribution in [2.45, 2.75) is 24.9 Å². The van der Waals surface area contributed by atoms with Crippen LogP contribution in [-0.2, 0) is 25.0 Å². The Balaban J connectivity index is 1.65. The Hall–Kier alpha value is -4.39. The van der Waals surface area contributed by atoms with Crippen LogP contribution in [0, 0.1) is 11.3 Å². The number of ether oxygens (including phenoxy) is 1. The lowest BCUT2D eigenvalue weighted by molar-refractivity contribution is 0.0127. The van der Waals surface area contributed by atoms with E-state index in [1.807, 2.05) is 0 Å². The number of pyridine rings is 2. The van der Waals surface area contributed by atoms with Gasteiger partial charge in [-0.3, -0.25) is 4.98 Å². The summed E-state index contributed by atoms with van der Waals surface area (Å²) in [6, 6.07) is 16.9. The molecule has 0 spiro atoms. The third-order valence-electron chi connectivity index (χ3n) is 6.86. The van der Waals surface area contributed by atoms with Crippen LogP contribution < -0.4 is 4.74 Å². The second kappa shape index (κ2) is 10.3. The summed E-state index contributed by atoms with van der Waals surface area (Å²) in [5, 5.41) is 22.5. The van der Waals surface area contributed by atoms with Crippen LogP contribution in [0.5, 0.6) is 5.88 Å². The van der Waals surface area contributed by atoms with E-state index in [9.17, 15) is 19.1 Å². The third-order valence-corrected chi connectivity index (χ3v) is 7.30. The van der Waals surface area contributed by atoms with Gasteiger partial charge in [0.1, 0.15) is 5.69 Å². The van der Waals surface area contributed by atoms with Crippen LogP contribution in [0.1, 0.15) is 46.1 Å². The number of imidazole rings is 1. The van der Waals surface area contributed by atoms with E-state index in [4.69, 9.17) is 16.3 Å². The Bertz CT molecular complexity index is 1740. The highest BCUT2D eigenvalue weighted by atomic mass is 35.5. The molecule has 0 bridgehead atoms. The van der Waals surface area contributed by atoms with Gasteiger partial charge >= 0.3 is 0 Å². The van der Waals surface area contributed by atoms with Gasteiger partial charge in [-0.25, -0.2) is 9.97 Å². The van der Waals surface area contributed by atoms with Crippen molar-refractivity contribution in [1.29, 1.82) is 5.26 Å². The lowest BCUT2D eigenvalue weighted by atomic mass is 9.82. The Morgan fingerprint density at radius 3 is 2.38 bits per heavy atom. The van der Waals surface area contributed by atoms with Crippen LogP contribution in [0.3, 0.4) is 0 Å². The predicted molar refractivity (Wildman–Crippen MR) is 146 cm³/mol. The SMILES string of the molecule is COc1nc2ccc(C(O)(c3ccc(C#N)cc3)c3cncn3C)cc2c(Cl)c1Cc1ccc(C(C)(F)F)nc1. The van der Waals surface area contributed by atoms with Crippen LogP contribution in [0.2, 0.25) is 5.02 Å². The summed E-state index contributed by atoms with van der Waals surface area (Å²) in [5.74, 6) is -2.75. The number of alkyl halides is 2. The number of aryl methyl sites for hydroxylation is 1. The van der Waals surface area contributed by atoms with Crippen LogP contribution in [0.25, 0.3) is 10.9 Å². The molecule has 3 aromatic heterocycles. The van der Waals surface area contributed by atoms with Gasteiger partial charge in [-0.1, -0.05) is 35.9 Å². The normalized spacial score (nSPS) is 13.2. The number of nitrogens with zero attached hydrogens (tertiary/aromatic N) is 5. The maximum Gasteiger partial charge on any atom is 0.286 e. The molecule has 0 saturated heterocycles. The van der Waals surface area contributed by atoms with E-state index in [0.29, 0.717) is 55.3 Å². The van der Waals surface area contributed by atoms with Gasteiger partial charge in [0, 0.05) is 37.5 Å². The van der Waals surface area contributed by atoms with E-state index in [1.165, 1.54) is 19.4 Å². The first-order chi connectivity index (χ1) is 19.1. The minimum absolute atomic E-state index is 0.235. The van der Waals surface area contributed by atoms with E-state index < -0.39 is 11.5 Å². The molecule has 2 aromatic carbocycles. The summed E-state index contributed by atoms with van der Waals surface area (Å²) in [5.41, 5.74) is 1.78. The predicted octanol–water partition coefficient (Wildman–Crippen LogP) is 5.88. The fraction of sp³-hybridized carbons (Fsp3) is 0.200. The zero-order chi connectivity index (χ0) is 28.7. The third kappa shape index (κ3) is 4.76. The Kier molecular flexibility index (Phi) is 7.00. The number of methoxy groups -OCH3 is 1. The molecule has 0 aliphatic carbocycles. The van der Waals surface area contributed by atoms with Gasteiger partial charge in [0.2, 0.25) is 5.88 Å². The van der Waals surface area contributed by atoms with E-state index >= 15 is 0 Å². The number of aromatic nitrogens is 4. The maximum absolute atomic E-state index is 13.6. The molecule has 0 aliphatic rings. The largest absolute Gasteiger partial charge is 0.481 e. The zero-order valence-electron chi connectivity index (χ0n) is 21.9. The van der Waals surface area contributed by atoms with Gasteiger partial charge in [0.15, 0.2) is 5.60 Å². The second-order valence-electron chi connectivity index (χ2n) is 9.55. The first-order valence-electron chi connectivity index (χ1n) is 12.3. The van der Waals surface area contributed by atoms with E-state index in [2.05, 4.69) is 21.0 Å². The van der Waals surface area contributed by atoms with Gasteiger partial charge in [-0.2, -0.15) is 14.0 Å². The zero-order valence-corrected chi connectivity index (χ0v) is 22.6. The fourth-order valence-corrected chi connectivity index (χ4v) is 5.04. The lowest BCUT2D eigenvalue weighted by Gasteiger charge is -2.30. The van der Waals surface area contributed by atoms with Crippen LogP contribution in [0.4, 0.5) is 8.78 Å².